The van der Waals surface area contributed by atoms with Gasteiger partial charge in [0.2, 0.25) is 0 Å². The van der Waals surface area contributed by atoms with E-state index in [1.54, 1.807) is 48.5 Å². The molecule has 0 atom stereocenters. The van der Waals surface area contributed by atoms with Crippen LogP contribution < -0.4 is 20.1 Å². The second-order valence-corrected chi connectivity index (χ2v) is 7.24. The van der Waals surface area contributed by atoms with Crippen molar-refractivity contribution < 1.29 is 19.1 Å². The van der Waals surface area contributed by atoms with Crippen LogP contribution in [-0.4, -0.2) is 25.0 Å². The average Bonchev–Trinajstić information content (AvgIpc) is 2.82. The van der Waals surface area contributed by atoms with Gasteiger partial charge < -0.3 is 20.1 Å². The molecule has 0 unspecified atom stereocenters. The first-order valence-corrected chi connectivity index (χ1v) is 10.8. The minimum atomic E-state index is -0.259. The summed E-state index contributed by atoms with van der Waals surface area (Å²) in [5.41, 5.74) is 2.21. The highest BCUT2D eigenvalue weighted by Crippen LogP contribution is 2.20. The smallest absolute Gasteiger partial charge is 0.255 e. The van der Waals surface area contributed by atoms with Gasteiger partial charge in [0.15, 0.2) is 0 Å². The van der Waals surface area contributed by atoms with Crippen LogP contribution in [0.4, 0.5) is 11.4 Å². The van der Waals surface area contributed by atoms with Crippen LogP contribution >= 0.6 is 0 Å². The van der Waals surface area contributed by atoms with E-state index in [0.29, 0.717) is 47.2 Å². The van der Waals surface area contributed by atoms with Crippen molar-refractivity contribution in [3.63, 3.8) is 0 Å². The fraction of sp³-hybridized carbons (Fsp3) is 0.231. The summed E-state index contributed by atoms with van der Waals surface area (Å²) in [6.07, 6.45) is 1.82. The highest BCUT2D eigenvalue weighted by Gasteiger charge is 2.10. The Hall–Kier alpha value is -3.80. The summed E-state index contributed by atoms with van der Waals surface area (Å²) in [7, 11) is 0. The third kappa shape index (κ3) is 6.60. The van der Waals surface area contributed by atoms with E-state index in [1.807, 2.05) is 38.1 Å². The van der Waals surface area contributed by atoms with Gasteiger partial charge in [-0.2, -0.15) is 0 Å². The van der Waals surface area contributed by atoms with E-state index >= 15 is 0 Å². The zero-order chi connectivity index (χ0) is 22.8. The molecule has 0 aliphatic carbocycles. The number of carbonyl (C=O) groups excluding carboxylic acids is 2. The lowest BCUT2D eigenvalue weighted by Crippen LogP contribution is -2.14. The molecule has 166 valence electrons. The number of benzene rings is 3. The fourth-order valence-electron chi connectivity index (χ4n) is 2.95. The van der Waals surface area contributed by atoms with E-state index < -0.39 is 0 Å². The number of rotatable bonds is 10. The van der Waals surface area contributed by atoms with E-state index in [2.05, 4.69) is 10.6 Å². The number of carbonyl (C=O) groups is 2. The van der Waals surface area contributed by atoms with Crippen molar-refractivity contribution in [2.75, 3.05) is 23.8 Å². The van der Waals surface area contributed by atoms with Crippen LogP contribution in [0.15, 0.2) is 72.8 Å². The molecule has 6 heteroatoms. The number of hydrogen-bond donors (Lipinski definition) is 2. The monoisotopic (exact) mass is 432 g/mol. The molecule has 0 heterocycles. The minimum absolute atomic E-state index is 0.259. The molecule has 3 rings (SSSR count). The summed E-state index contributed by atoms with van der Waals surface area (Å²) >= 11 is 0. The molecule has 0 aromatic heterocycles. The standard InChI is InChI=1S/C26H28N2O4/c1-3-15-31-23-9-5-7-21(17-23)27-25(29)19-11-13-20(14-12-19)26(30)28-22-8-6-10-24(18-22)32-16-4-2/h5-14,17-18H,3-4,15-16H2,1-2H3,(H,27,29)(H,28,30). The Bertz CT molecular complexity index is 963. The molecule has 0 saturated carbocycles. The maximum Gasteiger partial charge on any atom is 0.255 e. The lowest BCUT2D eigenvalue weighted by Gasteiger charge is -2.10. The van der Waals surface area contributed by atoms with E-state index in [9.17, 15) is 9.59 Å². The first-order chi connectivity index (χ1) is 15.6. The Morgan fingerprint density at radius 3 is 1.44 bits per heavy atom. The van der Waals surface area contributed by atoms with Gasteiger partial charge in [0.1, 0.15) is 11.5 Å². The number of hydrogen-bond acceptors (Lipinski definition) is 4. The Labute approximate surface area is 188 Å². The van der Waals surface area contributed by atoms with Crippen molar-refractivity contribution in [1.29, 1.82) is 0 Å². The largest absolute Gasteiger partial charge is 0.494 e. The predicted octanol–water partition coefficient (Wildman–Crippen LogP) is 5.77. The highest BCUT2D eigenvalue weighted by molar-refractivity contribution is 6.07. The minimum Gasteiger partial charge on any atom is -0.494 e. The molecule has 6 nitrogen and oxygen atoms in total. The first kappa shape index (κ1) is 22.9. The summed E-state index contributed by atoms with van der Waals surface area (Å²) < 4.78 is 11.2. The zero-order valence-electron chi connectivity index (χ0n) is 18.4. The Kier molecular flexibility index (Phi) is 8.26. The highest BCUT2D eigenvalue weighted by atomic mass is 16.5. The van der Waals surface area contributed by atoms with Crippen LogP contribution in [0.5, 0.6) is 11.5 Å². The van der Waals surface area contributed by atoms with Gasteiger partial charge in [0, 0.05) is 34.6 Å². The SMILES string of the molecule is CCCOc1cccc(NC(=O)c2ccc(C(=O)Nc3cccc(OCCC)c3)cc2)c1. The maximum atomic E-state index is 12.6. The normalized spacial score (nSPS) is 10.3. The Morgan fingerprint density at radius 2 is 1.06 bits per heavy atom. The first-order valence-electron chi connectivity index (χ1n) is 10.8. The van der Waals surface area contributed by atoms with Gasteiger partial charge in [-0.05, 0) is 61.4 Å². The summed E-state index contributed by atoms with van der Waals surface area (Å²) in [4.78, 5) is 25.1. The molecule has 0 bridgehead atoms. The maximum absolute atomic E-state index is 12.6. The van der Waals surface area contributed by atoms with Crippen molar-refractivity contribution >= 4 is 23.2 Å². The lowest BCUT2D eigenvalue weighted by molar-refractivity contribution is 0.101. The molecule has 0 aliphatic rings. The Morgan fingerprint density at radius 1 is 0.656 bits per heavy atom. The lowest BCUT2D eigenvalue weighted by atomic mass is 10.1. The van der Waals surface area contributed by atoms with Crippen LogP contribution in [0.1, 0.15) is 47.4 Å². The molecular weight excluding hydrogens is 404 g/mol. The predicted molar refractivity (Wildman–Crippen MR) is 127 cm³/mol. The van der Waals surface area contributed by atoms with Gasteiger partial charge in [-0.3, -0.25) is 9.59 Å². The Balaban J connectivity index is 1.60. The van der Waals surface area contributed by atoms with Crippen molar-refractivity contribution in [3.8, 4) is 11.5 Å². The molecule has 3 aromatic carbocycles. The number of ether oxygens (including phenoxy) is 2. The molecular formula is C26H28N2O4. The van der Waals surface area contributed by atoms with Crippen molar-refractivity contribution in [2.45, 2.75) is 26.7 Å². The summed E-state index contributed by atoms with van der Waals surface area (Å²) in [6.45, 7) is 5.32. The molecule has 0 spiro atoms. The third-order valence-electron chi connectivity index (χ3n) is 4.54. The van der Waals surface area contributed by atoms with E-state index in [1.165, 1.54) is 0 Å². The summed E-state index contributed by atoms with van der Waals surface area (Å²) in [5.74, 6) is 0.900. The average molecular weight is 433 g/mol. The second-order valence-electron chi connectivity index (χ2n) is 7.24. The van der Waals surface area contributed by atoms with Crippen molar-refractivity contribution in [1.82, 2.24) is 0 Å². The van der Waals surface area contributed by atoms with Crippen LogP contribution in [-0.2, 0) is 0 Å². The van der Waals surface area contributed by atoms with Gasteiger partial charge >= 0.3 is 0 Å². The molecule has 0 fully saturated rings. The second kappa shape index (κ2) is 11.6. The molecule has 0 radical (unpaired) electrons. The molecule has 0 saturated heterocycles. The van der Waals surface area contributed by atoms with Crippen LogP contribution in [0.3, 0.4) is 0 Å². The quantitative estimate of drug-likeness (QED) is 0.426. The van der Waals surface area contributed by atoms with E-state index in [4.69, 9.17) is 9.47 Å². The van der Waals surface area contributed by atoms with Gasteiger partial charge in [-0.1, -0.05) is 26.0 Å². The topological polar surface area (TPSA) is 76.7 Å². The van der Waals surface area contributed by atoms with Gasteiger partial charge in [0.05, 0.1) is 13.2 Å². The zero-order valence-corrected chi connectivity index (χ0v) is 18.4. The third-order valence-corrected chi connectivity index (χ3v) is 4.54. The fourth-order valence-corrected chi connectivity index (χ4v) is 2.95. The van der Waals surface area contributed by atoms with E-state index in [-0.39, 0.29) is 11.8 Å². The van der Waals surface area contributed by atoms with Gasteiger partial charge in [-0.15, -0.1) is 0 Å². The number of nitrogens with one attached hydrogen (secondary N) is 2. The van der Waals surface area contributed by atoms with Crippen molar-refractivity contribution in [2.24, 2.45) is 0 Å². The van der Waals surface area contributed by atoms with Gasteiger partial charge in [-0.25, -0.2) is 0 Å². The van der Waals surface area contributed by atoms with Crippen LogP contribution in [0.25, 0.3) is 0 Å². The number of amides is 2. The molecule has 3 aromatic rings. The summed E-state index contributed by atoms with van der Waals surface area (Å²) in [5, 5.41) is 5.71. The molecule has 32 heavy (non-hydrogen) atoms. The van der Waals surface area contributed by atoms with Crippen LogP contribution in [0.2, 0.25) is 0 Å². The molecule has 2 N–H and O–H groups in total. The number of anilines is 2. The van der Waals surface area contributed by atoms with Crippen LogP contribution in [0, 0.1) is 0 Å². The molecule has 2 amide bonds. The van der Waals surface area contributed by atoms with E-state index in [0.717, 1.165) is 12.8 Å². The van der Waals surface area contributed by atoms with Gasteiger partial charge in [0.25, 0.3) is 11.8 Å². The van der Waals surface area contributed by atoms with Crippen molar-refractivity contribution in [3.05, 3.63) is 83.9 Å². The molecule has 0 aliphatic heterocycles. The summed E-state index contributed by atoms with van der Waals surface area (Å²) in [6, 6.07) is 21.0.